The molecule has 6 heteroatoms. The van der Waals surface area contributed by atoms with Crippen LogP contribution in [0.2, 0.25) is 0 Å². The Labute approximate surface area is 155 Å². The minimum Gasteiger partial charge on any atom is -0.497 e. The molecular formula is C20H29N3O3. The summed E-state index contributed by atoms with van der Waals surface area (Å²) in [4.78, 5) is 26.9. The van der Waals surface area contributed by atoms with Crippen molar-refractivity contribution < 1.29 is 14.3 Å². The number of urea groups is 1. The number of ether oxygens (including phenoxy) is 1. The molecule has 0 saturated carbocycles. The third kappa shape index (κ3) is 3.30. The second-order valence-corrected chi connectivity index (χ2v) is 7.68. The number of hydrogen-bond donors (Lipinski definition) is 2. The molecule has 0 aliphatic carbocycles. The van der Waals surface area contributed by atoms with Gasteiger partial charge in [0.05, 0.1) is 7.11 Å². The van der Waals surface area contributed by atoms with Gasteiger partial charge in [-0.15, -0.1) is 0 Å². The minimum absolute atomic E-state index is 0.214. The number of amides is 3. The van der Waals surface area contributed by atoms with Crippen molar-refractivity contribution in [3.05, 3.63) is 29.3 Å². The Balaban J connectivity index is 2.15. The van der Waals surface area contributed by atoms with Crippen molar-refractivity contribution in [2.45, 2.75) is 44.6 Å². The lowest BCUT2D eigenvalue weighted by Crippen LogP contribution is -2.55. The van der Waals surface area contributed by atoms with Gasteiger partial charge in [0.25, 0.3) is 0 Å². The topological polar surface area (TPSA) is 70.7 Å². The van der Waals surface area contributed by atoms with Gasteiger partial charge in [0.15, 0.2) is 0 Å². The highest BCUT2D eigenvalue weighted by Crippen LogP contribution is 2.48. The number of nitrogens with zero attached hydrogens (tertiary/aromatic N) is 1. The summed E-state index contributed by atoms with van der Waals surface area (Å²) in [6.45, 7) is 5.80. The molecule has 0 radical (unpaired) electrons. The van der Waals surface area contributed by atoms with Gasteiger partial charge in [0.2, 0.25) is 5.91 Å². The number of aryl methyl sites for hydroxylation is 1. The molecule has 3 amide bonds. The van der Waals surface area contributed by atoms with Gasteiger partial charge in [0, 0.05) is 24.4 Å². The summed E-state index contributed by atoms with van der Waals surface area (Å²) < 4.78 is 5.47. The molecule has 0 bridgehead atoms. The largest absolute Gasteiger partial charge is 0.497 e. The van der Waals surface area contributed by atoms with Gasteiger partial charge in [-0.05, 0) is 69.5 Å². The smallest absolute Gasteiger partial charge is 0.321 e. The van der Waals surface area contributed by atoms with Crippen LogP contribution in [0.4, 0.5) is 4.79 Å². The average molecular weight is 359 g/mol. The lowest BCUT2D eigenvalue weighted by atomic mass is 9.59. The lowest BCUT2D eigenvalue weighted by molar-refractivity contribution is -0.122. The number of methoxy groups -OCH3 is 1. The Kier molecular flexibility index (Phi) is 5.23. The van der Waals surface area contributed by atoms with Crippen LogP contribution in [0.5, 0.6) is 5.75 Å². The predicted octanol–water partition coefficient (Wildman–Crippen LogP) is 2.20. The number of hydrogen-bond acceptors (Lipinski definition) is 4. The minimum atomic E-state index is -0.396. The van der Waals surface area contributed by atoms with E-state index < -0.39 is 6.03 Å². The molecule has 0 spiro atoms. The third-order valence-electron chi connectivity index (χ3n) is 6.35. The van der Waals surface area contributed by atoms with E-state index in [9.17, 15) is 9.59 Å². The summed E-state index contributed by atoms with van der Waals surface area (Å²) in [5, 5.41) is 5.30. The summed E-state index contributed by atoms with van der Waals surface area (Å²) in [5.41, 5.74) is 2.03. The van der Waals surface area contributed by atoms with E-state index in [1.54, 1.807) is 7.11 Å². The first-order chi connectivity index (χ1) is 12.4. The van der Waals surface area contributed by atoms with E-state index in [1.807, 2.05) is 6.07 Å². The number of fused-ring (bicyclic) bond motifs is 1. The average Bonchev–Trinajstić information content (AvgIpc) is 2.66. The number of piperidine rings is 1. The zero-order chi connectivity index (χ0) is 18.9. The van der Waals surface area contributed by atoms with Crippen LogP contribution in [0.3, 0.4) is 0 Å². The van der Waals surface area contributed by atoms with Crippen LogP contribution >= 0.6 is 0 Å². The molecule has 2 heterocycles. The first-order valence-corrected chi connectivity index (χ1v) is 9.30. The van der Waals surface area contributed by atoms with Gasteiger partial charge in [-0.25, -0.2) is 4.79 Å². The molecular weight excluding hydrogens is 330 g/mol. The number of imide groups is 1. The van der Waals surface area contributed by atoms with Crippen LogP contribution < -0.4 is 15.4 Å². The second-order valence-electron chi connectivity index (χ2n) is 7.68. The van der Waals surface area contributed by atoms with E-state index in [0.717, 1.165) is 25.1 Å². The molecule has 2 N–H and O–H groups in total. The standard InChI is InChI=1S/C20H29N3O3/c1-13-5-6-15(26-4)11-17(13)20-8-10-23(3)14(2)16(20)7-9-21-19(25)22-18(24)12-20/h5-6,11,14,16H,7-10,12H2,1-4H3,(H2,21,22,24,25)/t14-,16+,20+/m1/s1. The lowest BCUT2D eigenvalue weighted by Gasteiger charge is -2.51. The fourth-order valence-electron chi connectivity index (χ4n) is 4.81. The summed E-state index contributed by atoms with van der Waals surface area (Å²) in [6, 6.07) is 6.03. The van der Waals surface area contributed by atoms with Crippen molar-refractivity contribution in [2.75, 3.05) is 27.2 Å². The molecule has 2 aliphatic rings. The molecule has 0 unspecified atom stereocenters. The predicted molar refractivity (Wildman–Crippen MR) is 100 cm³/mol. The Morgan fingerprint density at radius 2 is 2.08 bits per heavy atom. The maximum Gasteiger partial charge on any atom is 0.321 e. The van der Waals surface area contributed by atoms with Crippen LogP contribution in [0.15, 0.2) is 18.2 Å². The molecule has 3 atom stereocenters. The first kappa shape index (κ1) is 18.7. The number of carbonyl (C=O) groups excluding carboxylic acids is 2. The summed E-state index contributed by atoms with van der Waals surface area (Å²) in [5.74, 6) is 0.851. The molecule has 0 aromatic heterocycles. The van der Waals surface area contributed by atoms with Gasteiger partial charge in [-0.3, -0.25) is 10.1 Å². The number of nitrogens with one attached hydrogen (secondary N) is 2. The van der Waals surface area contributed by atoms with E-state index >= 15 is 0 Å². The fourth-order valence-corrected chi connectivity index (χ4v) is 4.81. The highest BCUT2D eigenvalue weighted by Gasteiger charge is 2.49. The van der Waals surface area contributed by atoms with Crippen LogP contribution in [0, 0.1) is 12.8 Å². The fraction of sp³-hybridized carbons (Fsp3) is 0.600. The number of benzene rings is 1. The van der Waals surface area contributed by atoms with Crippen molar-refractivity contribution in [1.82, 2.24) is 15.5 Å². The van der Waals surface area contributed by atoms with E-state index in [4.69, 9.17) is 4.74 Å². The van der Waals surface area contributed by atoms with E-state index in [-0.39, 0.29) is 17.2 Å². The zero-order valence-corrected chi connectivity index (χ0v) is 16.1. The molecule has 2 saturated heterocycles. The molecule has 1 aromatic carbocycles. The highest BCUT2D eigenvalue weighted by molar-refractivity contribution is 5.95. The third-order valence-corrected chi connectivity index (χ3v) is 6.35. The van der Waals surface area contributed by atoms with Crippen LogP contribution in [-0.4, -0.2) is 50.1 Å². The number of carbonyl (C=O) groups is 2. The molecule has 142 valence electrons. The molecule has 6 nitrogen and oxygen atoms in total. The van der Waals surface area contributed by atoms with Crippen molar-refractivity contribution in [3.63, 3.8) is 0 Å². The molecule has 2 aliphatic heterocycles. The summed E-state index contributed by atoms with van der Waals surface area (Å²) in [6.07, 6.45) is 2.04. The van der Waals surface area contributed by atoms with Crippen LogP contribution in [0.1, 0.15) is 37.3 Å². The van der Waals surface area contributed by atoms with Crippen LogP contribution in [0.25, 0.3) is 0 Å². The SMILES string of the molecule is COc1ccc(C)c([C@]23CCN(C)[C@H](C)[C@@H]2CCNC(=O)NC(=O)C3)c1. The van der Waals surface area contributed by atoms with Crippen molar-refractivity contribution in [1.29, 1.82) is 0 Å². The van der Waals surface area contributed by atoms with Gasteiger partial charge in [-0.2, -0.15) is 0 Å². The van der Waals surface area contributed by atoms with Gasteiger partial charge < -0.3 is 15.0 Å². The first-order valence-electron chi connectivity index (χ1n) is 9.30. The number of likely N-dealkylation sites (tertiary alicyclic amines) is 1. The maximum absolute atomic E-state index is 12.7. The van der Waals surface area contributed by atoms with E-state index in [0.29, 0.717) is 19.0 Å². The Morgan fingerprint density at radius 3 is 2.81 bits per heavy atom. The number of rotatable bonds is 2. The normalized spacial score (nSPS) is 30.3. The van der Waals surface area contributed by atoms with Crippen molar-refractivity contribution in [3.8, 4) is 5.75 Å². The Hall–Kier alpha value is -2.08. The summed E-state index contributed by atoms with van der Waals surface area (Å²) >= 11 is 0. The van der Waals surface area contributed by atoms with Gasteiger partial charge >= 0.3 is 6.03 Å². The van der Waals surface area contributed by atoms with E-state index in [1.165, 1.54) is 11.1 Å². The van der Waals surface area contributed by atoms with Gasteiger partial charge in [-0.1, -0.05) is 6.07 Å². The second kappa shape index (κ2) is 7.27. The molecule has 2 fully saturated rings. The Bertz CT molecular complexity index is 706. The Morgan fingerprint density at radius 1 is 1.31 bits per heavy atom. The monoisotopic (exact) mass is 359 g/mol. The molecule has 3 rings (SSSR count). The molecule has 26 heavy (non-hydrogen) atoms. The quantitative estimate of drug-likeness (QED) is 0.849. The van der Waals surface area contributed by atoms with E-state index in [2.05, 4.69) is 48.6 Å². The van der Waals surface area contributed by atoms with Crippen molar-refractivity contribution in [2.24, 2.45) is 5.92 Å². The zero-order valence-electron chi connectivity index (χ0n) is 16.1. The molecule has 1 aromatic rings. The van der Waals surface area contributed by atoms with Crippen LogP contribution in [-0.2, 0) is 10.2 Å². The maximum atomic E-state index is 12.7. The van der Waals surface area contributed by atoms with Crippen molar-refractivity contribution >= 4 is 11.9 Å². The summed E-state index contributed by atoms with van der Waals surface area (Å²) in [7, 11) is 3.80. The highest BCUT2D eigenvalue weighted by atomic mass is 16.5. The van der Waals surface area contributed by atoms with Gasteiger partial charge in [0.1, 0.15) is 5.75 Å².